The Morgan fingerprint density at radius 1 is 1.54 bits per heavy atom. The Bertz CT molecular complexity index is 274. The second kappa shape index (κ2) is 3.75. The Kier molecular flexibility index (Phi) is 3.25. The van der Waals surface area contributed by atoms with Gasteiger partial charge in [-0.1, -0.05) is 13.8 Å². The molecular formula is C8H16ClNO2S. The molecule has 3 nitrogen and oxygen atoms in total. The lowest BCUT2D eigenvalue weighted by Gasteiger charge is -2.06. The highest BCUT2D eigenvalue weighted by atomic mass is 35.5. The lowest BCUT2D eigenvalue weighted by Crippen LogP contribution is -2.30. The summed E-state index contributed by atoms with van der Waals surface area (Å²) < 4.78 is 25.4. The minimum atomic E-state index is -3.09. The van der Waals surface area contributed by atoms with E-state index in [1.54, 1.807) is 0 Å². The number of nitrogens with one attached hydrogen (secondary N) is 1. The molecule has 13 heavy (non-hydrogen) atoms. The zero-order chi connectivity index (χ0) is 10.1. The van der Waals surface area contributed by atoms with Crippen LogP contribution in [0.5, 0.6) is 0 Å². The van der Waals surface area contributed by atoms with Crippen molar-refractivity contribution in [3.05, 3.63) is 0 Å². The Morgan fingerprint density at radius 2 is 2.08 bits per heavy atom. The highest BCUT2D eigenvalue weighted by Crippen LogP contribution is 2.44. The maximum atomic E-state index is 11.4. The fourth-order valence-electron chi connectivity index (χ4n) is 1.19. The Labute approximate surface area is 84.9 Å². The molecule has 1 aliphatic rings. The van der Waals surface area contributed by atoms with Gasteiger partial charge in [0.15, 0.2) is 0 Å². The van der Waals surface area contributed by atoms with Crippen LogP contribution in [0.25, 0.3) is 0 Å². The lowest BCUT2D eigenvalue weighted by atomic mass is 10.2. The molecule has 0 bridgehead atoms. The van der Waals surface area contributed by atoms with Gasteiger partial charge in [0.25, 0.3) is 0 Å². The van der Waals surface area contributed by atoms with Gasteiger partial charge in [0.05, 0.1) is 5.75 Å². The highest BCUT2D eigenvalue weighted by molar-refractivity contribution is 7.89. The van der Waals surface area contributed by atoms with Crippen molar-refractivity contribution in [3.63, 3.8) is 0 Å². The van der Waals surface area contributed by atoms with Gasteiger partial charge < -0.3 is 0 Å². The molecule has 1 N–H and O–H groups in total. The molecule has 1 saturated carbocycles. The molecule has 0 aromatic rings. The summed E-state index contributed by atoms with van der Waals surface area (Å²) in [6, 6.07) is 0.132. The Morgan fingerprint density at radius 3 is 2.46 bits per heavy atom. The molecule has 0 radical (unpaired) electrons. The minimum absolute atomic E-state index is 0.132. The van der Waals surface area contributed by atoms with Crippen molar-refractivity contribution < 1.29 is 8.42 Å². The van der Waals surface area contributed by atoms with Gasteiger partial charge in [0.2, 0.25) is 10.0 Å². The molecule has 0 amide bonds. The second-order valence-electron chi connectivity index (χ2n) is 4.22. The van der Waals surface area contributed by atoms with Crippen LogP contribution in [0.15, 0.2) is 0 Å². The van der Waals surface area contributed by atoms with Gasteiger partial charge in [-0.2, -0.15) is 0 Å². The third-order valence-electron chi connectivity index (χ3n) is 2.38. The summed E-state index contributed by atoms with van der Waals surface area (Å²) in [6.07, 6.45) is 1.46. The van der Waals surface area contributed by atoms with Gasteiger partial charge in [0.1, 0.15) is 0 Å². The summed E-state index contributed by atoms with van der Waals surface area (Å²) in [7, 11) is -3.09. The zero-order valence-electron chi connectivity index (χ0n) is 8.01. The fourth-order valence-corrected chi connectivity index (χ4v) is 2.96. The van der Waals surface area contributed by atoms with Gasteiger partial charge in [-0.25, -0.2) is 13.1 Å². The molecule has 0 aromatic carbocycles. The number of sulfonamides is 1. The van der Waals surface area contributed by atoms with E-state index in [1.807, 2.05) is 0 Å². The number of hydrogen-bond acceptors (Lipinski definition) is 2. The molecule has 0 spiro atoms. The van der Waals surface area contributed by atoms with Crippen LogP contribution in [0.4, 0.5) is 0 Å². The normalized spacial score (nSPS) is 25.9. The molecule has 0 heterocycles. The number of alkyl halides is 1. The fraction of sp³-hybridized carbons (Fsp3) is 1.00. The molecule has 5 heteroatoms. The zero-order valence-corrected chi connectivity index (χ0v) is 9.58. The van der Waals surface area contributed by atoms with Crippen molar-refractivity contribution >= 4 is 21.6 Å². The van der Waals surface area contributed by atoms with E-state index in [2.05, 4.69) is 18.6 Å². The van der Waals surface area contributed by atoms with Crippen molar-refractivity contribution in [2.24, 2.45) is 5.41 Å². The van der Waals surface area contributed by atoms with Crippen molar-refractivity contribution in [2.45, 2.75) is 32.7 Å². The topological polar surface area (TPSA) is 46.2 Å². The van der Waals surface area contributed by atoms with Gasteiger partial charge in [-0.3, -0.25) is 0 Å². The first-order valence-electron chi connectivity index (χ1n) is 4.43. The van der Waals surface area contributed by atoms with E-state index in [-0.39, 0.29) is 17.2 Å². The molecule has 1 unspecified atom stereocenters. The third-order valence-corrected chi connectivity index (χ3v) is 4.12. The Hall–Kier alpha value is 0.200. The summed E-state index contributed by atoms with van der Waals surface area (Å²) in [5.41, 5.74) is 0.147. The summed E-state index contributed by atoms with van der Waals surface area (Å²) in [5.74, 6) is 0.540. The van der Waals surface area contributed by atoms with Crippen LogP contribution in [0.3, 0.4) is 0 Å². The first-order valence-corrected chi connectivity index (χ1v) is 6.62. The molecule has 1 rings (SSSR count). The maximum Gasteiger partial charge on any atom is 0.211 e. The van der Waals surface area contributed by atoms with Gasteiger partial charge in [-0.15, -0.1) is 11.6 Å². The quantitative estimate of drug-likeness (QED) is 0.718. The van der Waals surface area contributed by atoms with Gasteiger partial charge in [0, 0.05) is 11.9 Å². The number of hydrogen-bond donors (Lipinski definition) is 1. The molecular weight excluding hydrogens is 210 g/mol. The van der Waals surface area contributed by atoms with E-state index in [4.69, 9.17) is 11.6 Å². The predicted octanol–water partition coefficient (Wildman–Crippen LogP) is 1.33. The van der Waals surface area contributed by atoms with Crippen molar-refractivity contribution in [3.8, 4) is 0 Å². The van der Waals surface area contributed by atoms with Crippen LogP contribution in [0, 0.1) is 5.41 Å². The predicted molar refractivity (Wildman–Crippen MR) is 54.4 cm³/mol. The van der Waals surface area contributed by atoms with Crippen molar-refractivity contribution in [1.82, 2.24) is 4.72 Å². The summed E-state index contributed by atoms with van der Waals surface area (Å²) in [6.45, 7) is 4.11. The summed E-state index contributed by atoms with van der Waals surface area (Å²) in [4.78, 5) is 0. The van der Waals surface area contributed by atoms with E-state index in [1.165, 1.54) is 0 Å². The first kappa shape index (κ1) is 11.3. The molecule has 1 fully saturated rings. The monoisotopic (exact) mass is 225 g/mol. The van der Waals surface area contributed by atoms with E-state index in [0.29, 0.717) is 12.3 Å². The van der Waals surface area contributed by atoms with Crippen LogP contribution >= 0.6 is 11.6 Å². The third kappa shape index (κ3) is 3.44. The molecule has 1 aliphatic carbocycles. The van der Waals surface area contributed by atoms with E-state index in [0.717, 1.165) is 6.42 Å². The van der Waals surface area contributed by atoms with Crippen LogP contribution in [0.1, 0.15) is 26.7 Å². The van der Waals surface area contributed by atoms with Gasteiger partial charge in [-0.05, 0) is 18.3 Å². The summed E-state index contributed by atoms with van der Waals surface area (Å²) in [5, 5.41) is 0. The maximum absolute atomic E-state index is 11.4. The molecule has 0 aliphatic heterocycles. The van der Waals surface area contributed by atoms with Crippen LogP contribution < -0.4 is 4.72 Å². The summed E-state index contributed by atoms with van der Waals surface area (Å²) >= 11 is 5.42. The van der Waals surface area contributed by atoms with Crippen LogP contribution in [0.2, 0.25) is 0 Å². The lowest BCUT2D eigenvalue weighted by molar-refractivity contribution is 0.554. The first-order chi connectivity index (χ1) is 5.87. The smallest absolute Gasteiger partial charge is 0.211 e. The SMILES string of the molecule is CC1(C)CC1NS(=O)(=O)CCCCl. The van der Waals surface area contributed by atoms with Crippen LogP contribution in [-0.2, 0) is 10.0 Å². The van der Waals surface area contributed by atoms with E-state index < -0.39 is 10.0 Å². The Balaban J connectivity index is 2.36. The highest BCUT2D eigenvalue weighted by Gasteiger charge is 2.47. The average molecular weight is 226 g/mol. The largest absolute Gasteiger partial charge is 0.212 e. The molecule has 0 saturated heterocycles. The van der Waals surface area contributed by atoms with Crippen molar-refractivity contribution in [2.75, 3.05) is 11.6 Å². The van der Waals surface area contributed by atoms with E-state index in [9.17, 15) is 8.42 Å². The van der Waals surface area contributed by atoms with Gasteiger partial charge >= 0.3 is 0 Å². The molecule has 0 aromatic heterocycles. The standard InChI is InChI=1S/C8H16ClNO2S/c1-8(2)6-7(8)10-13(11,12)5-3-4-9/h7,10H,3-6H2,1-2H3. The molecule has 78 valence electrons. The van der Waals surface area contributed by atoms with Crippen molar-refractivity contribution in [1.29, 1.82) is 0 Å². The number of rotatable bonds is 5. The molecule has 1 atom stereocenters. The average Bonchev–Trinajstić information content (AvgIpc) is 2.53. The van der Waals surface area contributed by atoms with E-state index >= 15 is 0 Å². The van der Waals surface area contributed by atoms with Crippen LogP contribution in [-0.4, -0.2) is 26.1 Å². The minimum Gasteiger partial charge on any atom is -0.212 e. The second-order valence-corrected chi connectivity index (χ2v) is 6.48. The number of halogens is 1.